The van der Waals surface area contributed by atoms with E-state index in [-0.39, 0.29) is 0 Å². The van der Waals surface area contributed by atoms with Crippen LogP contribution in [-0.4, -0.2) is 0 Å². The van der Waals surface area contributed by atoms with Crippen LogP contribution in [0.4, 0.5) is 0 Å². The average molecular weight is 275 g/mol. The van der Waals surface area contributed by atoms with Crippen molar-refractivity contribution in [2.75, 3.05) is 0 Å². The number of rotatable bonds is 3. The number of fused-ring (bicyclic) bond motifs is 1. The molecule has 0 N–H and O–H groups in total. The maximum atomic E-state index is 8.88. The van der Waals surface area contributed by atoms with Crippen molar-refractivity contribution < 1.29 is 0 Å². The van der Waals surface area contributed by atoms with Gasteiger partial charge in [0.15, 0.2) is 0 Å². The molecule has 1 aliphatic carbocycles. The maximum absolute atomic E-state index is 8.88. The van der Waals surface area contributed by atoms with Crippen molar-refractivity contribution in [3.63, 3.8) is 0 Å². The van der Waals surface area contributed by atoms with Gasteiger partial charge in [-0.05, 0) is 59.6 Å². The summed E-state index contributed by atoms with van der Waals surface area (Å²) in [5, 5.41) is 8.88. The monoisotopic (exact) mass is 275 g/mol. The van der Waals surface area contributed by atoms with Crippen molar-refractivity contribution >= 4 is 0 Å². The molecular formula is C20H21N. The molecule has 106 valence electrons. The van der Waals surface area contributed by atoms with Crippen LogP contribution >= 0.6 is 0 Å². The van der Waals surface area contributed by atoms with Crippen molar-refractivity contribution in [3.05, 3.63) is 59.2 Å². The smallest absolute Gasteiger partial charge is 0.0991 e. The molecule has 1 atom stereocenters. The lowest BCUT2D eigenvalue weighted by Crippen LogP contribution is -2.14. The van der Waals surface area contributed by atoms with Gasteiger partial charge in [0.1, 0.15) is 0 Å². The van der Waals surface area contributed by atoms with Gasteiger partial charge in [0, 0.05) is 0 Å². The molecule has 21 heavy (non-hydrogen) atoms. The third kappa shape index (κ3) is 3.00. The van der Waals surface area contributed by atoms with Crippen LogP contribution in [0.3, 0.4) is 0 Å². The third-order valence-electron chi connectivity index (χ3n) is 4.58. The molecule has 1 unspecified atom stereocenters. The van der Waals surface area contributed by atoms with E-state index in [1.807, 2.05) is 24.3 Å². The molecule has 1 aliphatic rings. The highest BCUT2D eigenvalue weighted by atomic mass is 14.2. The number of nitrogens with zero attached hydrogens (tertiary/aromatic N) is 1. The summed E-state index contributed by atoms with van der Waals surface area (Å²) in [5.74, 6) is 0.878. The zero-order valence-corrected chi connectivity index (χ0v) is 12.6. The van der Waals surface area contributed by atoms with Crippen molar-refractivity contribution in [3.8, 4) is 17.2 Å². The predicted molar refractivity (Wildman–Crippen MR) is 87.0 cm³/mol. The summed E-state index contributed by atoms with van der Waals surface area (Å²) in [6.45, 7) is 2.28. The summed E-state index contributed by atoms with van der Waals surface area (Å²) in [7, 11) is 0. The van der Waals surface area contributed by atoms with Gasteiger partial charge in [-0.3, -0.25) is 0 Å². The Bertz CT molecular complexity index is 661. The summed E-state index contributed by atoms with van der Waals surface area (Å²) in [6, 6.07) is 16.9. The number of benzene rings is 2. The quantitative estimate of drug-likeness (QED) is 0.761. The van der Waals surface area contributed by atoms with E-state index in [0.29, 0.717) is 0 Å². The largest absolute Gasteiger partial charge is 0.192 e. The topological polar surface area (TPSA) is 23.8 Å². The van der Waals surface area contributed by atoms with E-state index in [9.17, 15) is 0 Å². The summed E-state index contributed by atoms with van der Waals surface area (Å²) in [6.07, 6.45) is 6.44. The van der Waals surface area contributed by atoms with Crippen LogP contribution in [0.25, 0.3) is 11.1 Å². The first-order chi connectivity index (χ1) is 10.3. The SMILES string of the molecule is CCCC1CCc2cc(-c3ccc(C#N)cc3)ccc2C1. The number of nitriles is 1. The van der Waals surface area contributed by atoms with Gasteiger partial charge in [0.25, 0.3) is 0 Å². The predicted octanol–water partition coefficient (Wildman–Crippen LogP) is 5.13. The van der Waals surface area contributed by atoms with E-state index in [4.69, 9.17) is 5.26 Å². The Morgan fingerprint density at radius 3 is 2.52 bits per heavy atom. The highest BCUT2D eigenvalue weighted by Crippen LogP contribution is 2.31. The van der Waals surface area contributed by atoms with Crippen LogP contribution in [0, 0.1) is 17.2 Å². The molecule has 3 rings (SSSR count). The van der Waals surface area contributed by atoms with Crippen LogP contribution in [0.5, 0.6) is 0 Å². The van der Waals surface area contributed by atoms with Gasteiger partial charge in [0.2, 0.25) is 0 Å². The molecule has 2 aromatic carbocycles. The fourth-order valence-electron chi connectivity index (χ4n) is 3.40. The zero-order chi connectivity index (χ0) is 14.7. The Kier molecular flexibility index (Phi) is 4.06. The van der Waals surface area contributed by atoms with Crippen molar-refractivity contribution in [2.24, 2.45) is 5.92 Å². The molecule has 0 saturated heterocycles. The van der Waals surface area contributed by atoms with Gasteiger partial charge in [0.05, 0.1) is 11.6 Å². The fraction of sp³-hybridized carbons (Fsp3) is 0.350. The molecule has 1 heteroatoms. The van der Waals surface area contributed by atoms with Crippen LogP contribution in [0.15, 0.2) is 42.5 Å². The van der Waals surface area contributed by atoms with Gasteiger partial charge in [-0.25, -0.2) is 0 Å². The Labute approximate surface area is 127 Å². The third-order valence-corrected chi connectivity index (χ3v) is 4.58. The minimum Gasteiger partial charge on any atom is -0.192 e. The molecule has 0 amide bonds. The Morgan fingerprint density at radius 2 is 1.81 bits per heavy atom. The molecule has 0 spiro atoms. The molecule has 0 aliphatic heterocycles. The Balaban J connectivity index is 1.85. The van der Waals surface area contributed by atoms with Crippen molar-refractivity contribution in [1.29, 1.82) is 5.26 Å². The number of hydrogen-bond donors (Lipinski definition) is 0. The van der Waals surface area contributed by atoms with Gasteiger partial charge in [-0.15, -0.1) is 0 Å². The van der Waals surface area contributed by atoms with Crippen molar-refractivity contribution in [1.82, 2.24) is 0 Å². The highest BCUT2D eigenvalue weighted by molar-refractivity contribution is 5.66. The highest BCUT2D eigenvalue weighted by Gasteiger charge is 2.18. The normalized spacial score (nSPS) is 17.0. The van der Waals surface area contributed by atoms with Crippen molar-refractivity contribution in [2.45, 2.75) is 39.0 Å². The fourth-order valence-corrected chi connectivity index (χ4v) is 3.40. The molecule has 2 aromatic rings. The van der Waals surface area contributed by atoms with E-state index >= 15 is 0 Å². The molecule has 1 nitrogen and oxygen atoms in total. The molecule has 0 fully saturated rings. The number of aryl methyl sites for hydroxylation is 1. The second-order valence-electron chi connectivity index (χ2n) is 6.07. The molecule has 0 radical (unpaired) electrons. The van der Waals surface area contributed by atoms with E-state index in [2.05, 4.69) is 31.2 Å². The van der Waals surface area contributed by atoms with Crippen LogP contribution in [-0.2, 0) is 12.8 Å². The second-order valence-corrected chi connectivity index (χ2v) is 6.07. The minimum absolute atomic E-state index is 0.721. The van der Waals surface area contributed by atoms with Gasteiger partial charge < -0.3 is 0 Å². The lowest BCUT2D eigenvalue weighted by molar-refractivity contribution is 0.423. The lowest BCUT2D eigenvalue weighted by atomic mass is 9.81. The lowest BCUT2D eigenvalue weighted by Gasteiger charge is -2.24. The molecule has 0 bridgehead atoms. The Hall–Kier alpha value is -2.07. The zero-order valence-electron chi connectivity index (χ0n) is 12.6. The first-order valence-corrected chi connectivity index (χ1v) is 7.92. The maximum Gasteiger partial charge on any atom is 0.0991 e. The van der Waals surface area contributed by atoms with Crippen LogP contribution in [0.1, 0.15) is 42.9 Å². The van der Waals surface area contributed by atoms with Gasteiger partial charge in [-0.2, -0.15) is 5.26 Å². The average Bonchev–Trinajstić information content (AvgIpc) is 2.55. The van der Waals surface area contributed by atoms with E-state index in [0.717, 1.165) is 11.5 Å². The van der Waals surface area contributed by atoms with Gasteiger partial charge in [-0.1, -0.05) is 50.1 Å². The first kappa shape index (κ1) is 13.9. The van der Waals surface area contributed by atoms with E-state index < -0.39 is 0 Å². The summed E-state index contributed by atoms with van der Waals surface area (Å²) < 4.78 is 0. The standard InChI is InChI=1S/C20H21N/c1-2-3-15-4-9-20-13-19(11-10-18(20)12-15)17-7-5-16(14-21)6-8-17/h5-8,10-11,13,15H,2-4,9,12H2,1H3. The summed E-state index contributed by atoms with van der Waals surface area (Å²) >= 11 is 0. The molecule has 0 aromatic heterocycles. The molecular weight excluding hydrogens is 254 g/mol. The van der Waals surface area contributed by atoms with Gasteiger partial charge >= 0.3 is 0 Å². The van der Waals surface area contributed by atoms with E-state index in [1.165, 1.54) is 54.4 Å². The van der Waals surface area contributed by atoms with Crippen LogP contribution in [0.2, 0.25) is 0 Å². The van der Waals surface area contributed by atoms with E-state index in [1.54, 1.807) is 0 Å². The second kappa shape index (κ2) is 6.14. The Morgan fingerprint density at radius 1 is 1.05 bits per heavy atom. The number of hydrogen-bond acceptors (Lipinski definition) is 1. The minimum atomic E-state index is 0.721. The molecule has 0 heterocycles. The summed E-state index contributed by atoms with van der Waals surface area (Å²) in [4.78, 5) is 0. The van der Waals surface area contributed by atoms with Crippen LogP contribution < -0.4 is 0 Å². The molecule has 0 saturated carbocycles. The first-order valence-electron chi connectivity index (χ1n) is 7.92. The summed E-state index contributed by atoms with van der Waals surface area (Å²) in [5.41, 5.74) is 6.25.